The minimum absolute atomic E-state index is 0.0525. The van der Waals surface area contributed by atoms with Crippen molar-refractivity contribution < 1.29 is 22.8 Å². The number of piperidine rings is 1. The van der Waals surface area contributed by atoms with Gasteiger partial charge < -0.3 is 4.90 Å². The number of carbonyl (C=O) groups is 2. The number of hydrogen-bond acceptors (Lipinski definition) is 2. The topological polar surface area (TPSA) is 37.4 Å². The summed E-state index contributed by atoms with van der Waals surface area (Å²) in [6.45, 7) is 0.766. The maximum absolute atomic E-state index is 13.9. The molecule has 1 aliphatic carbocycles. The SMILES string of the molecule is O=C(c1c(F)cc(F)cc1F)C1CCN(C(=O)CC2CCc3ccccc32)CC1. The molecule has 6 heteroatoms. The number of carbonyl (C=O) groups excluding carboxylic acids is 2. The first kappa shape index (κ1) is 19.7. The molecule has 1 aliphatic heterocycles. The van der Waals surface area contributed by atoms with Crippen LogP contribution in [0.3, 0.4) is 0 Å². The lowest BCUT2D eigenvalue weighted by Gasteiger charge is -2.32. The van der Waals surface area contributed by atoms with E-state index < -0.39 is 34.7 Å². The van der Waals surface area contributed by atoms with Crippen molar-refractivity contribution in [1.82, 2.24) is 4.90 Å². The fraction of sp³-hybridized carbons (Fsp3) is 0.391. The zero-order valence-corrected chi connectivity index (χ0v) is 16.0. The standard InChI is InChI=1S/C23H22F3NO2/c24-17-12-19(25)22(20(26)13-17)23(29)15-7-9-27(10-8-15)21(28)11-16-6-5-14-3-1-2-4-18(14)16/h1-4,12-13,15-16H,5-11H2. The van der Waals surface area contributed by atoms with Gasteiger partial charge >= 0.3 is 0 Å². The predicted molar refractivity (Wildman–Crippen MR) is 102 cm³/mol. The Bertz CT molecular complexity index is 928. The summed E-state index contributed by atoms with van der Waals surface area (Å²) in [5.74, 6) is -4.35. The Morgan fingerprint density at radius 2 is 1.62 bits per heavy atom. The van der Waals surface area contributed by atoms with Crippen molar-refractivity contribution in [3.8, 4) is 0 Å². The minimum Gasteiger partial charge on any atom is -0.343 e. The Morgan fingerprint density at radius 1 is 0.966 bits per heavy atom. The first-order valence-corrected chi connectivity index (χ1v) is 9.98. The van der Waals surface area contributed by atoms with Crippen molar-refractivity contribution >= 4 is 11.7 Å². The van der Waals surface area contributed by atoms with Gasteiger partial charge in [-0.3, -0.25) is 9.59 Å². The number of aryl methyl sites for hydroxylation is 1. The Morgan fingerprint density at radius 3 is 2.31 bits per heavy atom. The Kier molecular flexibility index (Phi) is 5.43. The van der Waals surface area contributed by atoms with E-state index >= 15 is 0 Å². The van der Waals surface area contributed by atoms with Crippen LogP contribution in [0.4, 0.5) is 13.2 Å². The van der Waals surface area contributed by atoms with Gasteiger partial charge in [-0.2, -0.15) is 0 Å². The third-order valence-corrected chi connectivity index (χ3v) is 6.15. The van der Waals surface area contributed by atoms with Crippen LogP contribution in [0.25, 0.3) is 0 Å². The number of ketones is 1. The van der Waals surface area contributed by atoms with E-state index in [1.165, 1.54) is 11.1 Å². The van der Waals surface area contributed by atoms with Gasteiger partial charge in [-0.05, 0) is 42.7 Å². The monoisotopic (exact) mass is 401 g/mol. The lowest BCUT2D eigenvalue weighted by molar-refractivity contribution is -0.132. The van der Waals surface area contributed by atoms with Crippen molar-refractivity contribution in [2.24, 2.45) is 5.92 Å². The van der Waals surface area contributed by atoms with Crippen LogP contribution in [0.1, 0.15) is 53.1 Å². The lowest BCUT2D eigenvalue weighted by Crippen LogP contribution is -2.40. The van der Waals surface area contributed by atoms with Crippen LogP contribution in [0.5, 0.6) is 0 Å². The number of Topliss-reactive ketones (excluding diaryl/α,β-unsaturated/α-hetero) is 1. The third-order valence-electron chi connectivity index (χ3n) is 6.15. The molecule has 2 aromatic carbocycles. The predicted octanol–water partition coefficient (Wildman–Crippen LogP) is 4.65. The van der Waals surface area contributed by atoms with Crippen molar-refractivity contribution in [3.63, 3.8) is 0 Å². The van der Waals surface area contributed by atoms with E-state index in [4.69, 9.17) is 0 Å². The largest absolute Gasteiger partial charge is 0.343 e. The van der Waals surface area contributed by atoms with Crippen LogP contribution in [-0.4, -0.2) is 29.7 Å². The van der Waals surface area contributed by atoms with Crippen LogP contribution in [0.15, 0.2) is 36.4 Å². The molecule has 1 amide bonds. The fourth-order valence-corrected chi connectivity index (χ4v) is 4.57. The number of halogens is 3. The third kappa shape index (κ3) is 3.93. The fourth-order valence-electron chi connectivity index (χ4n) is 4.57. The Balaban J connectivity index is 1.36. The summed E-state index contributed by atoms with van der Waals surface area (Å²) in [4.78, 5) is 27.0. The molecule has 0 radical (unpaired) electrons. The van der Waals surface area contributed by atoms with E-state index in [0.29, 0.717) is 44.5 Å². The lowest BCUT2D eigenvalue weighted by atomic mass is 9.88. The van der Waals surface area contributed by atoms with Gasteiger partial charge in [0.15, 0.2) is 5.78 Å². The maximum Gasteiger partial charge on any atom is 0.223 e. The molecule has 2 aromatic rings. The molecule has 29 heavy (non-hydrogen) atoms. The van der Waals surface area contributed by atoms with E-state index in [1.807, 2.05) is 12.1 Å². The second-order valence-corrected chi connectivity index (χ2v) is 7.90. The Hall–Kier alpha value is -2.63. The molecule has 0 saturated carbocycles. The molecular weight excluding hydrogens is 379 g/mol. The smallest absolute Gasteiger partial charge is 0.223 e. The van der Waals surface area contributed by atoms with E-state index in [2.05, 4.69) is 12.1 Å². The van der Waals surface area contributed by atoms with Gasteiger partial charge in [0.05, 0.1) is 5.56 Å². The first-order valence-electron chi connectivity index (χ1n) is 9.98. The summed E-state index contributed by atoms with van der Waals surface area (Å²) in [7, 11) is 0. The number of benzene rings is 2. The summed E-state index contributed by atoms with van der Waals surface area (Å²) in [6.07, 6.45) is 3.09. The average Bonchev–Trinajstić information content (AvgIpc) is 3.10. The van der Waals surface area contributed by atoms with Crippen LogP contribution in [0.2, 0.25) is 0 Å². The zero-order chi connectivity index (χ0) is 20.5. The van der Waals surface area contributed by atoms with Crippen molar-refractivity contribution in [3.05, 3.63) is 70.5 Å². The Labute approximate surface area is 167 Å². The van der Waals surface area contributed by atoms with E-state index in [-0.39, 0.29) is 11.8 Å². The highest BCUT2D eigenvalue weighted by Crippen LogP contribution is 2.36. The van der Waals surface area contributed by atoms with Gasteiger partial charge in [0.25, 0.3) is 0 Å². The number of likely N-dealkylation sites (tertiary alicyclic amines) is 1. The van der Waals surface area contributed by atoms with Gasteiger partial charge in [-0.1, -0.05) is 24.3 Å². The second kappa shape index (κ2) is 8.01. The molecule has 2 aliphatic rings. The molecule has 0 N–H and O–H groups in total. The van der Waals surface area contributed by atoms with Gasteiger partial charge in [0.2, 0.25) is 5.91 Å². The molecule has 0 bridgehead atoms. The summed E-state index contributed by atoms with van der Waals surface area (Å²) in [5, 5.41) is 0. The summed E-state index contributed by atoms with van der Waals surface area (Å²) in [5.41, 5.74) is 1.87. The van der Waals surface area contributed by atoms with E-state index in [1.54, 1.807) is 4.90 Å². The molecule has 1 saturated heterocycles. The number of fused-ring (bicyclic) bond motifs is 1. The van der Waals surface area contributed by atoms with Crippen LogP contribution < -0.4 is 0 Å². The highest BCUT2D eigenvalue weighted by Gasteiger charge is 2.32. The van der Waals surface area contributed by atoms with E-state index in [0.717, 1.165) is 12.8 Å². The van der Waals surface area contributed by atoms with Gasteiger partial charge in [-0.15, -0.1) is 0 Å². The summed E-state index contributed by atoms with van der Waals surface area (Å²) < 4.78 is 40.9. The minimum atomic E-state index is -1.18. The zero-order valence-electron chi connectivity index (χ0n) is 16.0. The molecule has 1 heterocycles. The molecule has 1 atom stereocenters. The number of amides is 1. The molecule has 1 fully saturated rings. The highest BCUT2D eigenvalue weighted by atomic mass is 19.1. The maximum atomic E-state index is 13.9. The molecule has 152 valence electrons. The molecule has 4 rings (SSSR count). The van der Waals surface area contributed by atoms with Crippen LogP contribution in [0, 0.1) is 23.4 Å². The number of rotatable bonds is 4. The van der Waals surface area contributed by atoms with Gasteiger partial charge in [0, 0.05) is 37.6 Å². The van der Waals surface area contributed by atoms with Crippen molar-refractivity contribution in [1.29, 1.82) is 0 Å². The molecule has 0 aromatic heterocycles. The normalized spacial score (nSPS) is 19.3. The summed E-state index contributed by atoms with van der Waals surface area (Å²) >= 11 is 0. The van der Waals surface area contributed by atoms with Crippen LogP contribution >= 0.6 is 0 Å². The second-order valence-electron chi connectivity index (χ2n) is 7.90. The molecule has 3 nitrogen and oxygen atoms in total. The molecule has 0 spiro atoms. The highest BCUT2D eigenvalue weighted by molar-refractivity contribution is 5.98. The van der Waals surface area contributed by atoms with Gasteiger partial charge in [-0.25, -0.2) is 13.2 Å². The van der Waals surface area contributed by atoms with E-state index in [9.17, 15) is 22.8 Å². The first-order chi connectivity index (χ1) is 13.9. The van der Waals surface area contributed by atoms with Crippen molar-refractivity contribution in [2.45, 2.75) is 38.0 Å². The quantitative estimate of drug-likeness (QED) is 0.700. The number of hydrogen-bond donors (Lipinski definition) is 0. The summed E-state index contributed by atoms with van der Waals surface area (Å²) in [6, 6.07) is 9.23. The molecule has 1 unspecified atom stereocenters. The number of nitrogens with zero attached hydrogens (tertiary/aromatic N) is 1. The van der Waals surface area contributed by atoms with Gasteiger partial charge in [0.1, 0.15) is 17.5 Å². The van der Waals surface area contributed by atoms with Crippen LogP contribution in [-0.2, 0) is 11.2 Å². The van der Waals surface area contributed by atoms with Crippen molar-refractivity contribution in [2.75, 3.05) is 13.1 Å². The molecular formula is C23H22F3NO2. The average molecular weight is 401 g/mol.